The van der Waals surface area contributed by atoms with Crippen LogP contribution in [0.2, 0.25) is 0 Å². The van der Waals surface area contributed by atoms with E-state index >= 15 is 0 Å². The zero-order valence-corrected chi connectivity index (χ0v) is 32.1. The molecule has 0 spiro atoms. The van der Waals surface area contributed by atoms with E-state index in [4.69, 9.17) is 9.72 Å². The molecule has 4 aromatic carbocycles. The molecule has 1 unspecified atom stereocenters. The van der Waals surface area contributed by atoms with E-state index in [-0.39, 0.29) is 48.1 Å². The zero-order chi connectivity index (χ0) is 39.4. The van der Waals surface area contributed by atoms with Gasteiger partial charge in [-0.25, -0.2) is 4.98 Å². The molecule has 5 aromatic rings. The maximum atomic E-state index is 13.8. The standard InChI is InChI=1S/C46H48N6O5/c1-45-27-39(52(40(45)28-45)42(54)29-47-41(53)23-14-26-57-37-21-12-5-13-22-37)43(55)49-38-24-25-50(44(38)56)30-36-31-51(32-48-36)46(33-15-6-2-7-16-33,34-17-8-3-9-18-34)35-19-10-4-11-20-35/h2-13,15-22,31-32,38-40H,14,23-30H2,1H3,(H,47,53)(H,49,55)/t38?,39-,40-,45+/m0/s1. The van der Waals surface area contributed by atoms with Gasteiger partial charge in [0, 0.05) is 25.2 Å². The molecule has 3 aliphatic rings. The molecule has 1 aliphatic carbocycles. The number of ether oxygens (including phenoxy) is 1. The summed E-state index contributed by atoms with van der Waals surface area (Å²) in [4.78, 5) is 61.8. The minimum absolute atomic E-state index is 0.0578. The van der Waals surface area contributed by atoms with E-state index in [1.165, 1.54) is 0 Å². The highest BCUT2D eigenvalue weighted by Crippen LogP contribution is 2.59. The minimum Gasteiger partial charge on any atom is -0.494 e. The molecule has 3 heterocycles. The van der Waals surface area contributed by atoms with Crippen LogP contribution in [0, 0.1) is 5.41 Å². The zero-order valence-electron chi connectivity index (χ0n) is 32.1. The van der Waals surface area contributed by atoms with Crippen molar-refractivity contribution in [1.29, 1.82) is 0 Å². The SMILES string of the molecule is C[C@@]12C[C@@H]1N(C(=O)CNC(=O)CCCOc1ccccc1)[C@H](C(=O)NC1CCN(Cc3cn(C(c4ccccc4)(c4ccccc4)c4ccccc4)cn3)C1=O)C2. The van der Waals surface area contributed by atoms with Crippen molar-refractivity contribution in [2.45, 2.75) is 69.2 Å². The van der Waals surface area contributed by atoms with Crippen molar-refractivity contribution in [1.82, 2.24) is 30.0 Å². The number of aromatic nitrogens is 2. The lowest BCUT2D eigenvalue weighted by Gasteiger charge is -2.37. The van der Waals surface area contributed by atoms with Crippen LogP contribution in [0.15, 0.2) is 134 Å². The molecule has 8 rings (SSSR count). The van der Waals surface area contributed by atoms with E-state index in [9.17, 15) is 19.2 Å². The van der Waals surface area contributed by atoms with E-state index < -0.39 is 17.6 Å². The summed E-state index contributed by atoms with van der Waals surface area (Å²) in [5.74, 6) is -0.293. The van der Waals surface area contributed by atoms with E-state index in [2.05, 4.69) is 58.5 Å². The van der Waals surface area contributed by atoms with Crippen molar-refractivity contribution in [3.63, 3.8) is 0 Å². The Morgan fingerprint density at radius 3 is 2.05 bits per heavy atom. The van der Waals surface area contributed by atoms with E-state index in [1.54, 1.807) is 9.80 Å². The van der Waals surface area contributed by atoms with Crippen molar-refractivity contribution in [2.24, 2.45) is 5.41 Å². The molecular weight excluding hydrogens is 717 g/mol. The lowest BCUT2D eigenvalue weighted by Crippen LogP contribution is -2.53. The first-order chi connectivity index (χ1) is 27.8. The number of imidazole rings is 1. The fourth-order valence-corrected chi connectivity index (χ4v) is 8.76. The summed E-state index contributed by atoms with van der Waals surface area (Å²) in [7, 11) is 0. The molecule has 2 N–H and O–H groups in total. The van der Waals surface area contributed by atoms with Crippen LogP contribution in [0.5, 0.6) is 5.75 Å². The van der Waals surface area contributed by atoms with Gasteiger partial charge in [0.1, 0.15) is 23.4 Å². The van der Waals surface area contributed by atoms with Crippen LogP contribution in [0.1, 0.15) is 61.4 Å². The van der Waals surface area contributed by atoms with E-state index in [1.807, 2.05) is 97.5 Å². The number of rotatable bonds is 15. The van der Waals surface area contributed by atoms with E-state index in [0.29, 0.717) is 39.0 Å². The van der Waals surface area contributed by atoms with Gasteiger partial charge in [-0.3, -0.25) is 19.2 Å². The second-order valence-corrected chi connectivity index (χ2v) is 15.6. The topological polar surface area (TPSA) is 126 Å². The molecule has 0 radical (unpaired) electrons. The largest absolute Gasteiger partial charge is 0.494 e. The van der Waals surface area contributed by atoms with Crippen molar-refractivity contribution < 1.29 is 23.9 Å². The van der Waals surface area contributed by atoms with Crippen LogP contribution in [-0.2, 0) is 31.3 Å². The van der Waals surface area contributed by atoms with Gasteiger partial charge in [-0.1, -0.05) is 116 Å². The third-order valence-electron chi connectivity index (χ3n) is 11.8. The summed E-state index contributed by atoms with van der Waals surface area (Å²) < 4.78 is 7.79. The van der Waals surface area contributed by atoms with Gasteiger partial charge in [-0.15, -0.1) is 0 Å². The number of fused-ring (bicyclic) bond motifs is 1. The Labute approximate surface area is 333 Å². The van der Waals surface area contributed by atoms with Crippen LogP contribution >= 0.6 is 0 Å². The molecule has 1 saturated carbocycles. The summed E-state index contributed by atoms with van der Waals surface area (Å²) in [5, 5.41) is 5.72. The molecule has 4 atom stereocenters. The van der Waals surface area contributed by atoms with Crippen molar-refractivity contribution in [3.05, 3.63) is 156 Å². The lowest BCUT2D eigenvalue weighted by atomic mass is 9.77. The Bertz CT molecular complexity index is 2100. The van der Waals surface area contributed by atoms with Crippen LogP contribution in [-0.4, -0.2) is 80.8 Å². The quantitative estimate of drug-likeness (QED) is 0.110. The van der Waals surface area contributed by atoms with Crippen LogP contribution in [0.25, 0.3) is 0 Å². The van der Waals surface area contributed by atoms with Crippen molar-refractivity contribution >= 4 is 23.6 Å². The second-order valence-electron chi connectivity index (χ2n) is 15.6. The van der Waals surface area contributed by atoms with Gasteiger partial charge in [0.25, 0.3) is 0 Å². The van der Waals surface area contributed by atoms with Crippen molar-refractivity contribution in [3.8, 4) is 5.75 Å². The molecule has 2 saturated heterocycles. The molecule has 0 bridgehead atoms. The molecule has 1 aromatic heterocycles. The van der Waals surface area contributed by atoms with Gasteiger partial charge in [-0.05, 0) is 59.9 Å². The molecule has 11 heteroatoms. The van der Waals surface area contributed by atoms with Crippen LogP contribution in [0.3, 0.4) is 0 Å². The number of hydrogen-bond donors (Lipinski definition) is 2. The molecule has 3 fully saturated rings. The van der Waals surface area contributed by atoms with Gasteiger partial charge in [0.15, 0.2) is 0 Å². The molecule has 57 heavy (non-hydrogen) atoms. The Morgan fingerprint density at radius 1 is 0.842 bits per heavy atom. The van der Waals surface area contributed by atoms with Crippen LogP contribution in [0.4, 0.5) is 0 Å². The highest BCUT2D eigenvalue weighted by Gasteiger charge is 2.64. The first-order valence-corrected chi connectivity index (χ1v) is 19.8. The summed E-state index contributed by atoms with van der Waals surface area (Å²) in [5.41, 5.74) is 3.09. The number of benzene rings is 4. The summed E-state index contributed by atoms with van der Waals surface area (Å²) >= 11 is 0. The highest BCUT2D eigenvalue weighted by molar-refractivity contribution is 5.95. The summed E-state index contributed by atoms with van der Waals surface area (Å²) in [6.07, 6.45) is 6.37. The Hall–Kier alpha value is -6.23. The fraction of sp³-hybridized carbons (Fsp3) is 0.326. The first-order valence-electron chi connectivity index (χ1n) is 19.8. The monoisotopic (exact) mass is 764 g/mol. The summed E-state index contributed by atoms with van der Waals surface area (Å²) in [6.45, 7) is 3.04. The fourth-order valence-electron chi connectivity index (χ4n) is 8.76. The maximum Gasteiger partial charge on any atom is 0.245 e. The number of para-hydroxylation sites is 1. The molecular formula is C46H48N6O5. The highest BCUT2D eigenvalue weighted by atomic mass is 16.5. The lowest BCUT2D eigenvalue weighted by molar-refractivity contribution is -0.141. The van der Waals surface area contributed by atoms with Gasteiger partial charge in [0.05, 0.1) is 31.7 Å². The third-order valence-corrected chi connectivity index (χ3v) is 11.8. The first kappa shape index (κ1) is 37.7. The van der Waals surface area contributed by atoms with Crippen LogP contribution < -0.4 is 15.4 Å². The predicted octanol–water partition coefficient (Wildman–Crippen LogP) is 5.30. The number of hydrogen-bond acceptors (Lipinski definition) is 6. The average molecular weight is 765 g/mol. The average Bonchev–Trinajstić information content (AvgIpc) is 3.50. The number of carbonyl (C=O) groups excluding carboxylic acids is 4. The number of nitrogens with one attached hydrogen (secondary N) is 2. The molecule has 2 aliphatic heterocycles. The van der Waals surface area contributed by atoms with Crippen molar-refractivity contribution in [2.75, 3.05) is 19.7 Å². The Kier molecular flexibility index (Phi) is 10.6. The molecule has 4 amide bonds. The molecule has 292 valence electrons. The minimum atomic E-state index is -0.719. The van der Waals surface area contributed by atoms with Gasteiger partial charge < -0.3 is 29.7 Å². The summed E-state index contributed by atoms with van der Waals surface area (Å²) in [6, 6.07) is 39.0. The van der Waals surface area contributed by atoms with Gasteiger partial charge in [-0.2, -0.15) is 0 Å². The van der Waals surface area contributed by atoms with E-state index in [0.717, 1.165) is 34.6 Å². The number of likely N-dealkylation sites (tertiary alicyclic amines) is 2. The molecule has 11 nitrogen and oxygen atoms in total. The Morgan fingerprint density at radius 2 is 1.44 bits per heavy atom. The predicted molar refractivity (Wildman–Crippen MR) is 215 cm³/mol. The van der Waals surface area contributed by atoms with Gasteiger partial charge >= 0.3 is 0 Å². The number of piperidine rings is 1. The maximum absolute atomic E-state index is 13.8. The number of carbonyl (C=O) groups is 4. The number of nitrogens with zero attached hydrogens (tertiary/aromatic N) is 4. The normalized spacial score (nSPS) is 21.2. The second kappa shape index (κ2) is 16.1. The Balaban J connectivity index is 0.901. The van der Waals surface area contributed by atoms with Gasteiger partial charge in [0.2, 0.25) is 23.6 Å². The third kappa shape index (κ3) is 7.66. The smallest absolute Gasteiger partial charge is 0.245 e. The number of amides is 4.